The van der Waals surface area contributed by atoms with E-state index in [0.717, 1.165) is 30.6 Å². The predicted molar refractivity (Wildman–Crippen MR) is 135 cm³/mol. The van der Waals surface area contributed by atoms with E-state index in [1.807, 2.05) is 48.5 Å². The molecule has 174 valence electrons. The molecule has 1 aromatic heterocycles. The number of carbonyl (C=O) groups excluding carboxylic acids is 1. The lowest BCUT2D eigenvalue weighted by Gasteiger charge is -2.13. The number of rotatable bonds is 10. The third kappa shape index (κ3) is 6.11. The van der Waals surface area contributed by atoms with Crippen LogP contribution in [0.3, 0.4) is 0 Å². The first-order valence-corrected chi connectivity index (χ1v) is 12.3. The van der Waals surface area contributed by atoms with Gasteiger partial charge in [0.1, 0.15) is 5.82 Å². The van der Waals surface area contributed by atoms with E-state index < -0.39 is 0 Å². The molecule has 0 saturated carbocycles. The molecule has 0 fully saturated rings. The second kappa shape index (κ2) is 11.6. The fourth-order valence-electron chi connectivity index (χ4n) is 3.64. The number of unbranched alkanes of at least 4 members (excludes halogenated alkanes) is 2. The maximum Gasteiger partial charge on any atom is 0.266 e. The Labute approximate surface area is 202 Å². The zero-order valence-corrected chi connectivity index (χ0v) is 19.6. The summed E-state index contributed by atoms with van der Waals surface area (Å²) in [6.07, 6.45) is 3.09. The van der Waals surface area contributed by atoms with Gasteiger partial charge in [-0.3, -0.25) is 14.2 Å². The first-order valence-electron chi connectivity index (χ1n) is 11.3. The Bertz CT molecular complexity index is 1310. The summed E-state index contributed by atoms with van der Waals surface area (Å²) in [6, 6.07) is 22.9. The normalized spacial score (nSPS) is 11.0. The van der Waals surface area contributed by atoms with E-state index in [0.29, 0.717) is 34.7 Å². The summed E-state index contributed by atoms with van der Waals surface area (Å²) in [4.78, 5) is 29.9. The highest BCUT2D eigenvalue weighted by atomic mass is 32.2. The summed E-state index contributed by atoms with van der Waals surface area (Å²) in [5.74, 6) is 0.461. The summed E-state index contributed by atoms with van der Waals surface area (Å²) >= 11 is 1.50. The lowest BCUT2D eigenvalue weighted by atomic mass is 10.2. The summed E-state index contributed by atoms with van der Waals surface area (Å²) in [5, 5.41) is 4.05. The lowest BCUT2D eigenvalue weighted by Crippen LogP contribution is -2.22. The minimum Gasteiger partial charge on any atom is -0.352 e. The van der Waals surface area contributed by atoms with Crippen LogP contribution in [0.4, 0.5) is 4.39 Å². The van der Waals surface area contributed by atoms with Crippen LogP contribution in [0.2, 0.25) is 0 Å². The molecule has 34 heavy (non-hydrogen) atoms. The largest absolute Gasteiger partial charge is 0.352 e. The molecule has 0 unspecified atom stereocenters. The molecule has 0 aliphatic heterocycles. The number of benzene rings is 3. The van der Waals surface area contributed by atoms with Gasteiger partial charge in [-0.15, -0.1) is 0 Å². The zero-order chi connectivity index (χ0) is 23.8. The van der Waals surface area contributed by atoms with Crippen molar-refractivity contribution >= 4 is 28.6 Å². The molecular formula is C27H26FN3O2S. The molecule has 0 spiro atoms. The van der Waals surface area contributed by atoms with Crippen LogP contribution < -0.4 is 10.9 Å². The number of nitrogens with one attached hydrogen (secondary N) is 1. The van der Waals surface area contributed by atoms with E-state index in [4.69, 9.17) is 4.98 Å². The van der Waals surface area contributed by atoms with Crippen molar-refractivity contribution in [3.8, 4) is 5.69 Å². The van der Waals surface area contributed by atoms with E-state index >= 15 is 0 Å². The van der Waals surface area contributed by atoms with Crippen molar-refractivity contribution in [2.24, 2.45) is 0 Å². The van der Waals surface area contributed by atoms with Crippen molar-refractivity contribution in [1.29, 1.82) is 0 Å². The predicted octanol–water partition coefficient (Wildman–Crippen LogP) is 5.49. The van der Waals surface area contributed by atoms with Gasteiger partial charge in [-0.05, 0) is 54.8 Å². The smallest absolute Gasteiger partial charge is 0.266 e. The van der Waals surface area contributed by atoms with Gasteiger partial charge in [-0.2, -0.15) is 0 Å². The van der Waals surface area contributed by atoms with Gasteiger partial charge in [0.25, 0.3) is 5.56 Å². The second-order valence-corrected chi connectivity index (χ2v) is 9.01. The lowest BCUT2D eigenvalue weighted by molar-refractivity contribution is -0.121. The molecule has 0 bridgehead atoms. The standard InChI is InChI=1S/C27H26FN3O2S/c28-21-14-16-22(17-15-21)31-26(33)23-11-6-7-12-24(23)30-27(31)34-18-8-2-5-13-25(32)29-19-20-9-3-1-4-10-20/h1,3-4,6-7,9-12,14-17H,2,5,8,13,18-19H2,(H,29,32). The van der Waals surface area contributed by atoms with E-state index in [9.17, 15) is 14.0 Å². The minimum absolute atomic E-state index is 0.0536. The van der Waals surface area contributed by atoms with Crippen LogP contribution in [0.25, 0.3) is 16.6 Å². The monoisotopic (exact) mass is 475 g/mol. The maximum atomic E-state index is 13.4. The first-order chi connectivity index (χ1) is 16.6. The molecule has 4 rings (SSSR count). The molecule has 4 aromatic rings. The highest BCUT2D eigenvalue weighted by Gasteiger charge is 2.13. The van der Waals surface area contributed by atoms with E-state index in [2.05, 4.69) is 5.32 Å². The van der Waals surface area contributed by atoms with Gasteiger partial charge in [-0.1, -0.05) is 60.6 Å². The number of hydrogen-bond acceptors (Lipinski definition) is 4. The number of thioether (sulfide) groups is 1. The number of hydrogen-bond donors (Lipinski definition) is 1. The highest BCUT2D eigenvalue weighted by Crippen LogP contribution is 2.23. The van der Waals surface area contributed by atoms with Gasteiger partial charge in [0.15, 0.2) is 5.16 Å². The van der Waals surface area contributed by atoms with Gasteiger partial charge < -0.3 is 5.32 Å². The van der Waals surface area contributed by atoms with Crippen LogP contribution in [-0.4, -0.2) is 21.2 Å². The van der Waals surface area contributed by atoms with Gasteiger partial charge in [0.2, 0.25) is 5.91 Å². The average molecular weight is 476 g/mol. The Morgan fingerprint density at radius 1 is 0.912 bits per heavy atom. The maximum absolute atomic E-state index is 13.4. The highest BCUT2D eigenvalue weighted by molar-refractivity contribution is 7.99. The van der Waals surface area contributed by atoms with E-state index in [1.54, 1.807) is 22.8 Å². The molecule has 0 aliphatic rings. The quantitative estimate of drug-likeness (QED) is 0.187. The third-order valence-electron chi connectivity index (χ3n) is 5.44. The van der Waals surface area contributed by atoms with Crippen molar-refractivity contribution in [3.63, 3.8) is 0 Å². The number of nitrogens with zero attached hydrogens (tertiary/aromatic N) is 2. The molecule has 0 radical (unpaired) electrons. The summed E-state index contributed by atoms with van der Waals surface area (Å²) in [6.45, 7) is 0.546. The van der Waals surface area contributed by atoms with Crippen LogP contribution in [0.5, 0.6) is 0 Å². The number of carbonyl (C=O) groups is 1. The number of amides is 1. The Morgan fingerprint density at radius 2 is 1.65 bits per heavy atom. The van der Waals surface area contributed by atoms with Gasteiger partial charge in [0.05, 0.1) is 16.6 Å². The molecule has 3 aromatic carbocycles. The van der Waals surface area contributed by atoms with E-state index in [-0.39, 0.29) is 17.3 Å². The van der Waals surface area contributed by atoms with Crippen molar-refractivity contribution < 1.29 is 9.18 Å². The molecule has 0 saturated heterocycles. The van der Waals surface area contributed by atoms with Crippen LogP contribution >= 0.6 is 11.8 Å². The van der Waals surface area contributed by atoms with Crippen LogP contribution in [0, 0.1) is 5.82 Å². The fourth-order valence-corrected chi connectivity index (χ4v) is 4.65. The topological polar surface area (TPSA) is 64.0 Å². The molecular weight excluding hydrogens is 449 g/mol. The molecule has 0 aliphatic carbocycles. The van der Waals surface area contributed by atoms with Crippen molar-refractivity contribution in [1.82, 2.24) is 14.9 Å². The van der Waals surface area contributed by atoms with Crippen LogP contribution in [-0.2, 0) is 11.3 Å². The molecule has 1 amide bonds. The van der Waals surface area contributed by atoms with Crippen LogP contribution in [0.1, 0.15) is 31.2 Å². The molecule has 0 atom stereocenters. The fraction of sp³-hybridized carbons (Fsp3) is 0.222. The summed E-state index contributed by atoms with van der Waals surface area (Å²) in [7, 11) is 0. The van der Waals surface area contributed by atoms with Crippen molar-refractivity contribution in [2.45, 2.75) is 37.4 Å². The van der Waals surface area contributed by atoms with Crippen molar-refractivity contribution in [2.75, 3.05) is 5.75 Å². The van der Waals surface area contributed by atoms with Gasteiger partial charge >= 0.3 is 0 Å². The summed E-state index contributed by atoms with van der Waals surface area (Å²) < 4.78 is 15.0. The number of halogens is 1. The Hall–Kier alpha value is -3.45. The first kappa shape index (κ1) is 23.7. The summed E-state index contributed by atoms with van der Waals surface area (Å²) in [5.41, 5.74) is 2.14. The van der Waals surface area contributed by atoms with Gasteiger partial charge in [0, 0.05) is 18.7 Å². The molecule has 1 heterocycles. The molecule has 5 nitrogen and oxygen atoms in total. The van der Waals surface area contributed by atoms with Gasteiger partial charge in [-0.25, -0.2) is 9.37 Å². The Balaban J connectivity index is 1.33. The molecule has 7 heteroatoms. The third-order valence-corrected chi connectivity index (χ3v) is 6.47. The number of fused-ring (bicyclic) bond motifs is 1. The zero-order valence-electron chi connectivity index (χ0n) is 18.7. The SMILES string of the molecule is O=C(CCCCCSc1nc2ccccc2c(=O)n1-c1ccc(F)cc1)NCc1ccccc1. The minimum atomic E-state index is -0.354. The number of para-hydroxylation sites is 1. The Kier molecular flexibility index (Phi) is 8.09. The second-order valence-electron chi connectivity index (χ2n) is 7.95. The van der Waals surface area contributed by atoms with E-state index in [1.165, 1.54) is 23.9 Å². The number of aromatic nitrogens is 2. The Morgan fingerprint density at radius 3 is 2.44 bits per heavy atom. The molecule has 1 N–H and O–H groups in total. The average Bonchev–Trinajstić information content (AvgIpc) is 2.86. The van der Waals surface area contributed by atoms with Crippen molar-refractivity contribution in [3.05, 3.63) is 101 Å². The van der Waals surface area contributed by atoms with Crippen LogP contribution in [0.15, 0.2) is 88.8 Å².